The summed E-state index contributed by atoms with van der Waals surface area (Å²) in [7, 11) is 0. The van der Waals surface area contributed by atoms with Crippen molar-refractivity contribution in [1.82, 2.24) is 15.3 Å². The van der Waals surface area contributed by atoms with Gasteiger partial charge in [0, 0.05) is 18.2 Å². The third-order valence-corrected chi connectivity index (χ3v) is 2.88. The molecule has 1 aliphatic heterocycles. The molecular formula is C12H19N3. The zero-order valence-corrected chi connectivity index (χ0v) is 9.53. The van der Waals surface area contributed by atoms with Crippen LogP contribution in [0.2, 0.25) is 0 Å². The van der Waals surface area contributed by atoms with Gasteiger partial charge in [0.25, 0.3) is 0 Å². The lowest BCUT2D eigenvalue weighted by molar-refractivity contribution is 0.403. The molecule has 0 amide bonds. The van der Waals surface area contributed by atoms with Gasteiger partial charge in [-0.15, -0.1) is 0 Å². The SMILES string of the molecule is CC(C)c1nccc(C2CCCCN2)n1. The second-order valence-electron chi connectivity index (χ2n) is 4.50. The van der Waals surface area contributed by atoms with E-state index in [4.69, 9.17) is 0 Å². The molecule has 1 fully saturated rings. The summed E-state index contributed by atoms with van der Waals surface area (Å²) in [5.41, 5.74) is 1.16. The molecule has 1 unspecified atom stereocenters. The van der Waals surface area contributed by atoms with Crippen LogP contribution in [-0.2, 0) is 0 Å². The molecule has 0 aliphatic carbocycles. The highest BCUT2D eigenvalue weighted by Gasteiger charge is 2.16. The number of aromatic nitrogens is 2. The van der Waals surface area contributed by atoms with E-state index in [9.17, 15) is 0 Å². The third kappa shape index (κ3) is 2.53. The molecule has 2 heterocycles. The normalized spacial score (nSPS) is 21.9. The topological polar surface area (TPSA) is 37.8 Å². The minimum absolute atomic E-state index is 0.411. The van der Waals surface area contributed by atoms with E-state index in [1.165, 1.54) is 19.3 Å². The summed E-state index contributed by atoms with van der Waals surface area (Å²) in [5, 5.41) is 3.51. The lowest BCUT2D eigenvalue weighted by Crippen LogP contribution is -2.27. The van der Waals surface area contributed by atoms with Gasteiger partial charge in [0.15, 0.2) is 0 Å². The number of nitrogens with zero attached hydrogens (tertiary/aromatic N) is 2. The smallest absolute Gasteiger partial charge is 0.131 e. The Morgan fingerprint density at radius 1 is 1.40 bits per heavy atom. The summed E-state index contributed by atoms with van der Waals surface area (Å²) in [5.74, 6) is 1.37. The van der Waals surface area contributed by atoms with Crippen molar-refractivity contribution in [3.8, 4) is 0 Å². The Balaban J connectivity index is 2.16. The van der Waals surface area contributed by atoms with Crippen molar-refractivity contribution in [2.75, 3.05) is 6.54 Å². The molecule has 0 spiro atoms. The van der Waals surface area contributed by atoms with Crippen molar-refractivity contribution in [1.29, 1.82) is 0 Å². The first-order chi connectivity index (χ1) is 7.27. The van der Waals surface area contributed by atoms with Gasteiger partial charge >= 0.3 is 0 Å². The Morgan fingerprint density at radius 3 is 2.93 bits per heavy atom. The molecule has 3 heteroatoms. The summed E-state index contributed by atoms with van der Waals surface area (Å²) in [6.07, 6.45) is 5.68. The summed E-state index contributed by atoms with van der Waals surface area (Å²) < 4.78 is 0. The summed E-state index contributed by atoms with van der Waals surface area (Å²) in [6.45, 7) is 5.38. The van der Waals surface area contributed by atoms with Gasteiger partial charge in [-0.3, -0.25) is 0 Å². The van der Waals surface area contributed by atoms with Gasteiger partial charge < -0.3 is 5.32 Å². The van der Waals surface area contributed by atoms with Crippen molar-refractivity contribution >= 4 is 0 Å². The van der Waals surface area contributed by atoms with Crippen molar-refractivity contribution in [2.24, 2.45) is 0 Å². The zero-order chi connectivity index (χ0) is 10.7. The van der Waals surface area contributed by atoms with E-state index >= 15 is 0 Å². The molecule has 15 heavy (non-hydrogen) atoms. The predicted molar refractivity (Wildman–Crippen MR) is 60.7 cm³/mol. The number of rotatable bonds is 2. The van der Waals surface area contributed by atoms with Crippen molar-refractivity contribution in [3.05, 3.63) is 23.8 Å². The minimum atomic E-state index is 0.411. The molecule has 0 radical (unpaired) electrons. The largest absolute Gasteiger partial charge is 0.309 e. The molecule has 0 bridgehead atoms. The molecular weight excluding hydrogens is 186 g/mol. The van der Waals surface area contributed by atoms with Crippen LogP contribution in [0.25, 0.3) is 0 Å². The highest BCUT2D eigenvalue weighted by Crippen LogP contribution is 2.21. The van der Waals surface area contributed by atoms with Crippen LogP contribution in [0.1, 0.15) is 56.6 Å². The van der Waals surface area contributed by atoms with Gasteiger partial charge in [0.2, 0.25) is 0 Å². The molecule has 1 N–H and O–H groups in total. The van der Waals surface area contributed by atoms with Gasteiger partial charge in [0.05, 0.1) is 5.69 Å². The van der Waals surface area contributed by atoms with Crippen LogP contribution in [0.4, 0.5) is 0 Å². The number of nitrogens with one attached hydrogen (secondary N) is 1. The molecule has 0 aromatic carbocycles. The Morgan fingerprint density at radius 2 is 2.27 bits per heavy atom. The Hall–Kier alpha value is -0.960. The Bertz CT molecular complexity index is 316. The fourth-order valence-corrected chi connectivity index (χ4v) is 1.96. The lowest BCUT2D eigenvalue weighted by Gasteiger charge is -2.23. The van der Waals surface area contributed by atoms with Crippen LogP contribution in [0.5, 0.6) is 0 Å². The zero-order valence-electron chi connectivity index (χ0n) is 9.53. The molecule has 3 nitrogen and oxygen atoms in total. The highest BCUT2D eigenvalue weighted by atomic mass is 15.0. The number of hydrogen-bond donors (Lipinski definition) is 1. The summed E-state index contributed by atoms with van der Waals surface area (Å²) in [6, 6.07) is 2.48. The van der Waals surface area contributed by atoms with Crippen molar-refractivity contribution < 1.29 is 0 Å². The second kappa shape index (κ2) is 4.71. The standard InChI is InChI=1S/C12H19N3/c1-9(2)12-14-8-6-11(15-12)10-5-3-4-7-13-10/h6,8-10,13H,3-5,7H2,1-2H3. The molecule has 0 saturated carbocycles. The van der Waals surface area contributed by atoms with E-state index in [1.54, 1.807) is 0 Å². The average molecular weight is 205 g/mol. The maximum Gasteiger partial charge on any atom is 0.131 e. The fourth-order valence-electron chi connectivity index (χ4n) is 1.96. The summed E-state index contributed by atoms with van der Waals surface area (Å²) in [4.78, 5) is 8.92. The molecule has 1 aliphatic rings. The van der Waals surface area contributed by atoms with Crippen molar-refractivity contribution in [2.45, 2.75) is 45.1 Å². The molecule has 2 rings (SSSR count). The van der Waals surface area contributed by atoms with Crippen molar-refractivity contribution in [3.63, 3.8) is 0 Å². The van der Waals surface area contributed by atoms with E-state index in [0.29, 0.717) is 12.0 Å². The molecule has 82 valence electrons. The molecule has 1 aromatic heterocycles. The first kappa shape index (κ1) is 10.6. The second-order valence-corrected chi connectivity index (χ2v) is 4.50. The van der Waals surface area contributed by atoms with E-state index in [1.807, 2.05) is 12.3 Å². The average Bonchev–Trinajstić information content (AvgIpc) is 2.30. The fraction of sp³-hybridized carbons (Fsp3) is 0.667. The van der Waals surface area contributed by atoms with E-state index in [2.05, 4.69) is 29.1 Å². The van der Waals surface area contributed by atoms with Crippen LogP contribution in [0.15, 0.2) is 12.3 Å². The summed E-state index contributed by atoms with van der Waals surface area (Å²) >= 11 is 0. The Labute approximate surface area is 91.3 Å². The monoisotopic (exact) mass is 205 g/mol. The molecule has 1 saturated heterocycles. The van der Waals surface area contributed by atoms with Gasteiger partial charge in [-0.1, -0.05) is 20.3 Å². The van der Waals surface area contributed by atoms with E-state index < -0.39 is 0 Å². The van der Waals surface area contributed by atoms with Crippen LogP contribution in [0.3, 0.4) is 0 Å². The van der Waals surface area contributed by atoms with E-state index in [0.717, 1.165) is 18.1 Å². The number of hydrogen-bond acceptors (Lipinski definition) is 3. The van der Waals surface area contributed by atoms with Gasteiger partial charge in [-0.05, 0) is 25.5 Å². The van der Waals surface area contributed by atoms with Crippen LogP contribution >= 0.6 is 0 Å². The minimum Gasteiger partial charge on any atom is -0.309 e. The van der Waals surface area contributed by atoms with Crippen LogP contribution < -0.4 is 5.32 Å². The first-order valence-electron chi connectivity index (χ1n) is 5.83. The number of piperidine rings is 1. The Kier molecular flexibility index (Phi) is 3.31. The van der Waals surface area contributed by atoms with Crippen LogP contribution in [0, 0.1) is 0 Å². The maximum atomic E-state index is 4.62. The van der Waals surface area contributed by atoms with Crippen LogP contribution in [-0.4, -0.2) is 16.5 Å². The molecule has 1 aromatic rings. The van der Waals surface area contributed by atoms with E-state index in [-0.39, 0.29) is 0 Å². The molecule has 1 atom stereocenters. The highest BCUT2D eigenvalue weighted by molar-refractivity contribution is 5.09. The third-order valence-electron chi connectivity index (χ3n) is 2.88. The maximum absolute atomic E-state index is 4.62. The van der Waals surface area contributed by atoms with Gasteiger partial charge in [-0.2, -0.15) is 0 Å². The van der Waals surface area contributed by atoms with Gasteiger partial charge in [-0.25, -0.2) is 9.97 Å². The first-order valence-corrected chi connectivity index (χ1v) is 5.83. The predicted octanol–water partition coefficient (Wildman–Crippen LogP) is 2.41. The van der Waals surface area contributed by atoms with Gasteiger partial charge in [0.1, 0.15) is 5.82 Å². The quantitative estimate of drug-likeness (QED) is 0.805. The lowest BCUT2D eigenvalue weighted by atomic mass is 10.0.